The van der Waals surface area contributed by atoms with Gasteiger partial charge in [0, 0.05) is 19.6 Å². The van der Waals surface area contributed by atoms with E-state index < -0.39 is 5.41 Å². The predicted octanol–water partition coefficient (Wildman–Crippen LogP) is 0.592. The molecule has 0 aromatic carbocycles. The molecule has 0 bridgehead atoms. The van der Waals surface area contributed by atoms with Crippen LogP contribution in [0.4, 0.5) is 0 Å². The van der Waals surface area contributed by atoms with Crippen molar-refractivity contribution in [2.24, 2.45) is 11.1 Å². The number of carbonyl (C=O) groups is 1. The molecule has 1 aliphatic carbocycles. The van der Waals surface area contributed by atoms with Gasteiger partial charge in [0.15, 0.2) is 0 Å². The lowest BCUT2D eigenvalue weighted by Gasteiger charge is -2.28. The fraction of sp³-hybridized carbons (Fsp3) is 0.889. The number of hydrogen-bond donors (Lipinski definition) is 1. The lowest BCUT2D eigenvalue weighted by molar-refractivity contribution is -0.138. The van der Waals surface area contributed by atoms with Crippen LogP contribution in [0.15, 0.2) is 0 Å². The third-order valence-corrected chi connectivity index (χ3v) is 2.50. The highest BCUT2D eigenvalue weighted by atomic mass is 16.2. The van der Waals surface area contributed by atoms with Gasteiger partial charge in [-0.1, -0.05) is 0 Å². The van der Waals surface area contributed by atoms with E-state index in [4.69, 9.17) is 5.73 Å². The zero-order chi connectivity index (χ0) is 9.35. The molecule has 0 aliphatic heterocycles. The lowest BCUT2D eigenvalue weighted by Crippen LogP contribution is -2.43. The Bertz CT molecular complexity index is 185. The first kappa shape index (κ1) is 9.52. The number of rotatable bonds is 3. The van der Waals surface area contributed by atoms with Gasteiger partial charge in [0.25, 0.3) is 0 Å². The van der Waals surface area contributed by atoms with Crippen molar-refractivity contribution in [3.63, 3.8) is 0 Å². The van der Waals surface area contributed by atoms with Crippen molar-refractivity contribution in [2.45, 2.75) is 32.7 Å². The van der Waals surface area contributed by atoms with Crippen molar-refractivity contribution in [2.75, 3.05) is 13.6 Å². The van der Waals surface area contributed by atoms with Crippen LogP contribution < -0.4 is 5.73 Å². The summed E-state index contributed by atoms with van der Waals surface area (Å²) in [4.78, 5) is 13.6. The molecule has 1 rings (SSSR count). The van der Waals surface area contributed by atoms with Crippen LogP contribution >= 0.6 is 0 Å². The third-order valence-electron chi connectivity index (χ3n) is 2.50. The average molecular weight is 170 g/mol. The van der Waals surface area contributed by atoms with Crippen molar-refractivity contribution in [3.05, 3.63) is 0 Å². The molecular weight excluding hydrogens is 152 g/mol. The maximum absolute atomic E-state index is 11.7. The number of nitrogens with zero attached hydrogens (tertiary/aromatic N) is 1. The van der Waals surface area contributed by atoms with Crippen molar-refractivity contribution in [3.8, 4) is 0 Å². The summed E-state index contributed by atoms with van der Waals surface area (Å²) in [5.41, 5.74) is 5.13. The third kappa shape index (κ3) is 1.78. The molecule has 1 amide bonds. The van der Waals surface area contributed by atoms with E-state index in [1.165, 1.54) is 0 Å². The van der Waals surface area contributed by atoms with Gasteiger partial charge in [0.1, 0.15) is 0 Å². The van der Waals surface area contributed by atoms with Gasteiger partial charge in [-0.25, -0.2) is 0 Å². The first-order chi connectivity index (χ1) is 5.49. The van der Waals surface area contributed by atoms with Crippen LogP contribution in [-0.2, 0) is 4.79 Å². The first-order valence-electron chi connectivity index (χ1n) is 4.46. The highest BCUT2D eigenvalue weighted by Gasteiger charge is 2.36. The minimum atomic E-state index is -0.392. The van der Waals surface area contributed by atoms with E-state index in [0.29, 0.717) is 12.6 Å². The molecule has 0 aromatic heterocycles. The first-order valence-corrected chi connectivity index (χ1v) is 4.46. The Kier molecular flexibility index (Phi) is 2.42. The minimum absolute atomic E-state index is 0.174. The van der Waals surface area contributed by atoms with Crippen molar-refractivity contribution >= 4 is 5.91 Å². The Balaban J connectivity index is 2.55. The fourth-order valence-electron chi connectivity index (χ4n) is 1.19. The highest BCUT2D eigenvalue weighted by molar-refractivity contribution is 5.82. The smallest absolute Gasteiger partial charge is 0.229 e. The molecule has 0 aromatic rings. The zero-order valence-electron chi connectivity index (χ0n) is 8.13. The molecule has 0 spiro atoms. The molecule has 0 saturated heterocycles. The molecule has 1 aliphatic rings. The second-order valence-electron chi connectivity index (χ2n) is 4.24. The zero-order valence-corrected chi connectivity index (χ0v) is 8.13. The summed E-state index contributed by atoms with van der Waals surface area (Å²) in [5.74, 6) is 0.174. The highest BCUT2D eigenvalue weighted by Crippen LogP contribution is 2.29. The normalized spacial score (nSPS) is 17.7. The van der Waals surface area contributed by atoms with Gasteiger partial charge < -0.3 is 10.6 Å². The summed E-state index contributed by atoms with van der Waals surface area (Å²) in [6.45, 7) is 4.21. The topological polar surface area (TPSA) is 46.3 Å². The Morgan fingerprint density at radius 2 is 2.08 bits per heavy atom. The molecule has 0 radical (unpaired) electrons. The Morgan fingerprint density at radius 3 is 2.42 bits per heavy atom. The van der Waals surface area contributed by atoms with E-state index in [0.717, 1.165) is 12.8 Å². The van der Waals surface area contributed by atoms with Crippen LogP contribution in [-0.4, -0.2) is 30.4 Å². The van der Waals surface area contributed by atoms with Crippen LogP contribution in [0.3, 0.4) is 0 Å². The Hall–Kier alpha value is -0.570. The van der Waals surface area contributed by atoms with Crippen molar-refractivity contribution in [1.29, 1.82) is 0 Å². The maximum atomic E-state index is 11.7. The van der Waals surface area contributed by atoms with Crippen LogP contribution in [0.2, 0.25) is 0 Å². The quantitative estimate of drug-likeness (QED) is 0.674. The molecule has 1 saturated carbocycles. The number of hydrogen-bond acceptors (Lipinski definition) is 2. The predicted molar refractivity (Wildman–Crippen MR) is 48.6 cm³/mol. The molecule has 3 nitrogen and oxygen atoms in total. The van der Waals surface area contributed by atoms with E-state index in [1.54, 1.807) is 0 Å². The van der Waals surface area contributed by atoms with E-state index in [9.17, 15) is 4.79 Å². The van der Waals surface area contributed by atoms with Gasteiger partial charge in [0.05, 0.1) is 5.41 Å². The van der Waals surface area contributed by atoms with Gasteiger partial charge in [0.2, 0.25) is 5.91 Å². The standard InChI is InChI=1S/C9H18N2O/c1-9(2,6-10)8(12)11(3)7-4-5-7/h7H,4-6,10H2,1-3H3. The van der Waals surface area contributed by atoms with Gasteiger partial charge >= 0.3 is 0 Å². The number of nitrogens with two attached hydrogens (primary N) is 1. The molecule has 0 unspecified atom stereocenters. The molecule has 0 heterocycles. The van der Waals surface area contributed by atoms with E-state index >= 15 is 0 Å². The second-order valence-corrected chi connectivity index (χ2v) is 4.24. The largest absolute Gasteiger partial charge is 0.342 e. The molecule has 0 atom stereocenters. The van der Waals surface area contributed by atoms with E-state index in [1.807, 2.05) is 25.8 Å². The van der Waals surface area contributed by atoms with Crippen LogP contribution in [0.25, 0.3) is 0 Å². The monoisotopic (exact) mass is 170 g/mol. The summed E-state index contributed by atoms with van der Waals surface area (Å²) >= 11 is 0. The lowest BCUT2D eigenvalue weighted by atomic mass is 9.92. The molecule has 2 N–H and O–H groups in total. The Labute approximate surface area is 73.9 Å². The second kappa shape index (κ2) is 3.05. The summed E-state index contributed by atoms with van der Waals surface area (Å²) in [6.07, 6.45) is 2.31. The van der Waals surface area contributed by atoms with Gasteiger partial charge in [-0.2, -0.15) is 0 Å². The van der Waals surface area contributed by atoms with Crippen LogP contribution in [0.1, 0.15) is 26.7 Å². The maximum Gasteiger partial charge on any atom is 0.229 e. The minimum Gasteiger partial charge on any atom is -0.342 e. The van der Waals surface area contributed by atoms with Gasteiger partial charge in [-0.15, -0.1) is 0 Å². The van der Waals surface area contributed by atoms with Crippen LogP contribution in [0, 0.1) is 5.41 Å². The molecule has 1 fully saturated rings. The van der Waals surface area contributed by atoms with Crippen LogP contribution in [0.5, 0.6) is 0 Å². The average Bonchev–Trinajstić information content (AvgIpc) is 2.84. The SMILES string of the molecule is CN(C(=O)C(C)(C)CN)C1CC1. The number of amides is 1. The Morgan fingerprint density at radius 1 is 1.58 bits per heavy atom. The van der Waals surface area contributed by atoms with Crippen molar-refractivity contribution in [1.82, 2.24) is 4.90 Å². The molecule has 3 heteroatoms. The number of carbonyl (C=O) groups excluding carboxylic acids is 1. The summed E-state index contributed by atoms with van der Waals surface area (Å²) < 4.78 is 0. The van der Waals surface area contributed by atoms with Gasteiger partial charge in [-0.05, 0) is 26.7 Å². The van der Waals surface area contributed by atoms with E-state index in [2.05, 4.69) is 0 Å². The molecular formula is C9H18N2O. The molecule has 12 heavy (non-hydrogen) atoms. The summed E-state index contributed by atoms with van der Waals surface area (Å²) in [5, 5.41) is 0. The fourth-order valence-corrected chi connectivity index (χ4v) is 1.19. The molecule has 70 valence electrons. The van der Waals surface area contributed by atoms with Gasteiger partial charge in [-0.3, -0.25) is 4.79 Å². The van der Waals surface area contributed by atoms with E-state index in [-0.39, 0.29) is 5.91 Å². The van der Waals surface area contributed by atoms with Crippen molar-refractivity contribution < 1.29 is 4.79 Å². The summed E-state index contributed by atoms with van der Waals surface area (Å²) in [7, 11) is 1.87. The summed E-state index contributed by atoms with van der Waals surface area (Å²) in [6, 6.07) is 0.489.